The average molecular weight is 266 g/mol. The third kappa shape index (κ3) is 1.29. The van der Waals surface area contributed by atoms with Gasteiger partial charge in [-0.05, 0) is 11.4 Å². The lowest BCUT2D eigenvalue weighted by Gasteiger charge is -2.28. The van der Waals surface area contributed by atoms with Crippen LogP contribution in [-0.4, -0.2) is 28.4 Å². The summed E-state index contributed by atoms with van der Waals surface area (Å²) in [6, 6.07) is 1.78. The van der Waals surface area contributed by atoms with Gasteiger partial charge in [0.25, 0.3) is 5.56 Å². The van der Waals surface area contributed by atoms with Gasteiger partial charge >= 0.3 is 5.69 Å². The molecule has 0 amide bonds. The number of rotatable bonds is 1. The van der Waals surface area contributed by atoms with Gasteiger partial charge in [-0.15, -0.1) is 11.3 Å². The first-order valence-electron chi connectivity index (χ1n) is 5.73. The first kappa shape index (κ1) is 10.5. The molecule has 0 radical (unpaired) electrons. The monoisotopic (exact) mass is 266 g/mol. The van der Waals surface area contributed by atoms with Gasteiger partial charge in [0, 0.05) is 6.42 Å². The van der Waals surface area contributed by atoms with Crippen molar-refractivity contribution < 1.29 is 9.47 Å². The molecular formula is C11H10N2O4S. The predicted molar refractivity (Wildman–Crippen MR) is 65.0 cm³/mol. The lowest BCUT2D eigenvalue weighted by molar-refractivity contribution is -0.149. The fourth-order valence-corrected chi connectivity index (χ4v) is 3.33. The number of hydrogen-bond donors (Lipinski definition) is 1. The minimum Gasteiger partial charge on any atom is -0.372 e. The van der Waals surface area contributed by atoms with E-state index in [0.29, 0.717) is 23.2 Å². The molecule has 0 unspecified atom stereocenters. The van der Waals surface area contributed by atoms with Crippen LogP contribution in [0.5, 0.6) is 0 Å². The number of hydrogen-bond acceptors (Lipinski definition) is 5. The molecule has 2 aromatic rings. The van der Waals surface area contributed by atoms with Gasteiger partial charge < -0.3 is 9.47 Å². The van der Waals surface area contributed by atoms with Crippen molar-refractivity contribution in [1.29, 1.82) is 0 Å². The van der Waals surface area contributed by atoms with Crippen LogP contribution in [0.2, 0.25) is 0 Å². The van der Waals surface area contributed by atoms with Crippen LogP contribution in [0.3, 0.4) is 0 Å². The van der Waals surface area contributed by atoms with Crippen LogP contribution < -0.4 is 11.2 Å². The maximum atomic E-state index is 12.0. The minimum atomic E-state index is -0.419. The number of aromatic amines is 1. The predicted octanol–water partition coefficient (Wildman–Crippen LogP) is 0.438. The maximum Gasteiger partial charge on any atom is 0.331 e. The normalized spacial score (nSPS) is 30.3. The van der Waals surface area contributed by atoms with Crippen molar-refractivity contribution in [2.75, 3.05) is 6.61 Å². The average Bonchev–Trinajstić information content (AvgIpc) is 2.87. The van der Waals surface area contributed by atoms with E-state index in [-0.39, 0.29) is 24.0 Å². The van der Waals surface area contributed by atoms with E-state index in [2.05, 4.69) is 4.98 Å². The highest BCUT2D eigenvalue weighted by atomic mass is 32.1. The van der Waals surface area contributed by atoms with Gasteiger partial charge in [0.2, 0.25) is 0 Å². The van der Waals surface area contributed by atoms with E-state index in [4.69, 9.17) is 9.47 Å². The van der Waals surface area contributed by atoms with E-state index in [1.54, 1.807) is 11.4 Å². The van der Waals surface area contributed by atoms with E-state index in [0.717, 1.165) is 0 Å². The Kier molecular flexibility index (Phi) is 2.06. The Labute approximate surface area is 105 Å². The highest BCUT2D eigenvalue weighted by Gasteiger charge is 2.44. The highest BCUT2D eigenvalue weighted by molar-refractivity contribution is 7.17. The summed E-state index contributed by atoms with van der Waals surface area (Å²) in [6.07, 6.45) is 0.482. The lowest BCUT2D eigenvalue weighted by atomic mass is 10.1. The van der Waals surface area contributed by atoms with Crippen molar-refractivity contribution in [3.63, 3.8) is 0 Å². The molecule has 2 aromatic heterocycles. The van der Waals surface area contributed by atoms with Crippen molar-refractivity contribution in [3.05, 3.63) is 32.3 Å². The van der Waals surface area contributed by atoms with Crippen LogP contribution in [0.4, 0.5) is 0 Å². The van der Waals surface area contributed by atoms with Gasteiger partial charge in [-0.2, -0.15) is 0 Å². The number of H-pyrrole nitrogens is 1. The second kappa shape index (κ2) is 3.53. The van der Waals surface area contributed by atoms with Gasteiger partial charge in [0.15, 0.2) is 0 Å². The quantitative estimate of drug-likeness (QED) is 0.812. The highest BCUT2D eigenvalue weighted by Crippen LogP contribution is 2.36. The van der Waals surface area contributed by atoms with Gasteiger partial charge in [0.1, 0.15) is 17.0 Å². The molecule has 18 heavy (non-hydrogen) atoms. The summed E-state index contributed by atoms with van der Waals surface area (Å²) >= 11 is 1.32. The van der Waals surface area contributed by atoms with E-state index in [1.807, 2.05) is 0 Å². The summed E-state index contributed by atoms with van der Waals surface area (Å²) in [7, 11) is 0. The number of aromatic nitrogens is 2. The molecule has 4 rings (SSSR count). The molecule has 2 fully saturated rings. The Morgan fingerprint density at radius 2 is 2.28 bits per heavy atom. The summed E-state index contributed by atoms with van der Waals surface area (Å²) in [6.45, 7) is 0.589. The van der Waals surface area contributed by atoms with E-state index < -0.39 is 5.69 Å². The molecular weight excluding hydrogens is 256 g/mol. The van der Waals surface area contributed by atoms with Crippen molar-refractivity contribution in [2.24, 2.45) is 0 Å². The number of ether oxygens (including phenoxy) is 2. The fraction of sp³-hybridized carbons (Fsp3) is 0.455. The molecule has 7 heteroatoms. The lowest BCUT2D eigenvalue weighted by Crippen LogP contribution is -2.40. The number of nitrogens with one attached hydrogen (secondary N) is 1. The molecule has 6 nitrogen and oxygen atoms in total. The summed E-state index contributed by atoms with van der Waals surface area (Å²) in [5.41, 5.74) is -0.115. The van der Waals surface area contributed by atoms with Crippen LogP contribution >= 0.6 is 11.3 Å². The Bertz CT molecular complexity index is 718. The molecule has 0 aliphatic carbocycles. The second-order valence-corrected chi connectivity index (χ2v) is 5.42. The van der Waals surface area contributed by atoms with Gasteiger partial charge in [-0.1, -0.05) is 0 Å². The van der Waals surface area contributed by atoms with E-state index in [9.17, 15) is 9.59 Å². The van der Waals surface area contributed by atoms with Crippen LogP contribution in [-0.2, 0) is 9.47 Å². The van der Waals surface area contributed by atoms with Crippen LogP contribution in [0, 0.1) is 0 Å². The SMILES string of the molecule is O=c1[nH]c(=O)n([C@H]2C[C@H]3OC[C@H]3O2)c2ccsc12. The Hall–Kier alpha value is -1.44. The molecule has 0 spiro atoms. The Balaban J connectivity index is 1.91. The molecule has 2 saturated heterocycles. The molecule has 0 saturated carbocycles. The largest absolute Gasteiger partial charge is 0.372 e. The summed E-state index contributed by atoms with van der Waals surface area (Å²) in [5, 5.41) is 1.80. The van der Waals surface area contributed by atoms with Crippen LogP contribution in [0.25, 0.3) is 10.2 Å². The van der Waals surface area contributed by atoms with Gasteiger partial charge in [-0.3, -0.25) is 14.3 Å². The van der Waals surface area contributed by atoms with Crippen molar-refractivity contribution in [3.8, 4) is 0 Å². The van der Waals surface area contributed by atoms with Gasteiger partial charge in [0.05, 0.1) is 18.2 Å². The zero-order valence-electron chi connectivity index (χ0n) is 9.29. The third-order valence-corrected chi connectivity index (χ3v) is 4.39. The number of thiophene rings is 1. The minimum absolute atomic E-state index is 0.0857. The molecule has 0 bridgehead atoms. The topological polar surface area (TPSA) is 73.3 Å². The zero-order chi connectivity index (χ0) is 12.3. The molecule has 1 N–H and O–H groups in total. The molecule has 4 heterocycles. The number of nitrogens with zero attached hydrogens (tertiary/aromatic N) is 1. The standard InChI is InChI=1S/C11H10N2O4S/c14-10-9-5(1-2-18-9)13(11(15)12-10)8-3-6-7(17-8)4-16-6/h1-2,6-8H,3-4H2,(H,12,14,15)/t6-,7-,8-/m1/s1. The Morgan fingerprint density at radius 1 is 1.39 bits per heavy atom. The molecule has 94 valence electrons. The summed E-state index contributed by atoms with van der Waals surface area (Å²) in [4.78, 5) is 25.9. The smallest absolute Gasteiger partial charge is 0.331 e. The van der Waals surface area contributed by atoms with E-state index >= 15 is 0 Å². The van der Waals surface area contributed by atoms with Crippen molar-refractivity contribution in [1.82, 2.24) is 9.55 Å². The maximum absolute atomic E-state index is 12.0. The van der Waals surface area contributed by atoms with Crippen LogP contribution in [0.15, 0.2) is 21.0 Å². The molecule has 0 aromatic carbocycles. The fourth-order valence-electron chi connectivity index (χ4n) is 2.55. The van der Waals surface area contributed by atoms with Crippen molar-refractivity contribution in [2.45, 2.75) is 24.9 Å². The first-order valence-corrected chi connectivity index (χ1v) is 6.61. The third-order valence-electron chi connectivity index (χ3n) is 3.49. The van der Waals surface area contributed by atoms with Crippen molar-refractivity contribution >= 4 is 21.6 Å². The summed E-state index contributed by atoms with van der Waals surface area (Å²) < 4.78 is 13.2. The number of fused-ring (bicyclic) bond motifs is 2. The zero-order valence-corrected chi connectivity index (χ0v) is 10.1. The van der Waals surface area contributed by atoms with E-state index in [1.165, 1.54) is 15.9 Å². The molecule has 3 atom stereocenters. The molecule has 2 aliphatic rings. The van der Waals surface area contributed by atoms with Crippen LogP contribution in [0.1, 0.15) is 12.6 Å². The van der Waals surface area contributed by atoms with Gasteiger partial charge in [-0.25, -0.2) is 4.79 Å². The molecule has 2 aliphatic heterocycles. The first-order chi connectivity index (χ1) is 8.74. The Morgan fingerprint density at radius 3 is 2.94 bits per heavy atom. The second-order valence-electron chi connectivity index (χ2n) is 4.50. The summed E-state index contributed by atoms with van der Waals surface area (Å²) in [5.74, 6) is 0.